The second-order valence-electron chi connectivity index (χ2n) is 5.89. The molecule has 1 aromatic heterocycles. The van der Waals surface area contributed by atoms with E-state index < -0.39 is 0 Å². The zero-order valence-corrected chi connectivity index (χ0v) is 11.6. The molecule has 104 valence electrons. The van der Waals surface area contributed by atoms with E-state index in [1.54, 1.807) is 0 Å². The molecular weight excluding hydrogens is 250 g/mol. The van der Waals surface area contributed by atoms with Crippen LogP contribution in [0.15, 0.2) is 18.2 Å². The Morgan fingerprint density at radius 1 is 1.20 bits per heavy atom. The summed E-state index contributed by atoms with van der Waals surface area (Å²) in [6.07, 6.45) is 6.43. The van der Waals surface area contributed by atoms with Gasteiger partial charge in [0.1, 0.15) is 5.82 Å². The van der Waals surface area contributed by atoms with Crippen LogP contribution in [0.25, 0.3) is 11.0 Å². The number of imidazole rings is 1. The van der Waals surface area contributed by atoms with Crippen molar-refractivity contribution in [2.75, 3.05) is 6.54 Å². The van der Waals surface area contributed by atoms with Crippen molar-refractivity contribution in [2.45, 2.75) is 44.6 Å². The first-order valence-electron chi connectivity index (χ1n) is 7.62. The molecule has 2 aromatic rings. The summed E-state index contributed by atoms with van der Waals surface area (Å²) in [5, 5.41) is 2.98. The van der Waals surface area contributed by atoms with Crippen LogP contribution in [0.2, 0.25) is 0 Å². The molecule has 4 nitrogen and oxygen atoms in total. The van der Waals surface area contributed by atoms with Crippen molar-refractivity contribution in [3.05, 3.63) is 29.6 Å². The Labute approximate surface area is 118 Å². The normalized spacial score (nSPS) is 19.9. The van der Waals surface area contributed by atoms with Crippen molar-refractivity contribution >= 4 is 16.9 Å². The van der Waals surface area contributed by atoms with E-state index in [4.69, 9.17) is 4.98 Å². The summed E-state index contributed by atoms with van der Waals surface area (Å²) in [4.78, 5) is 17.0. The number of nitrogens with one attached hydrogen (secondary N) is 1. The minimum absolute atomic E-state index is 0.0319. The molecule has 2 heterocycles. The minimum Gasteiger partial charge on any atom is -0.350 e. The van der Waals surface area contributed by atoms with Gasteiger partial charge >= 0.3 is 0 Å². The molecule has 2 aliphatic rings. The van der Waals surface area contributed by atoms with Crippen molar-refractivity contribution in [1.82, 2.24) is 14.9 Å². The van der Waals surface area contributed by atoms with E-state index in [0.29, 0.717) is 12.5 Å². The fourth-order valence-electron chi connectivity index (χ4n) is 3.66. The summed E-state index contributed by atoms with van der Waals surface area (Å²) in [6.45, 7) is 1.53. The van der Waals surface area contributed by atoms with Gasteiger partial charge in [0.25, 0.3) is 5.91 Å². The van der Waals surface area contributed by atoms with E-state index in [2.05, 4.69) is 9.88 Å². The van der Waals surface area contributed by atoms with Crippen LogP contribution >= 0.6 is 0 Å². The van der Waals surface area contributed by atoms with Crippen LogP contribution in [0.1, 0.15) is 54.2 Å². The van der Waals surface area contributed by atoms with Crippen LogP contribution in [-0.2, 0) is 6.54 Å². The number of para-hydroxylation sites is 1. The number of carbonyl (C=O) groups is 1. The van der Waals surface area contributed by atoms with Gasteiger partial charge in [-0.25, -0.2) is 4.98 Å². The highest BCUT2D eigenvalue weighted by Crippen LogP contribution is 2.34. The number of carbonyl (C=O) groups excluding carboxylic acids is 1. The van der Waals surface area contributed by atoms with E-state index >= 15 is 0 Å². The lowest BCUT2D eigenvalue weighted by Crippen LogP contribution is -2.24. The molecule has 1 fully saturated rings. The van der Waals surface area contributed by atoms with Crippen molar-refractivity contribution < 1.29 is 4.79 Å². The predicted molar refractivity (Wildman–Crippen MR) is 77.9 cm³/mol. The molecule has 0 atom stereocenters. The van der Waals surface area contributed by atoms with E-state index in [1.165, 1.54) is 37.9 Å². The van der Waals surface area contributed by atoms with Crippen molar-refractivity contribution in [3.8, 4) is 0 Å². The second kappa shape index (κ2) is 4.62. The van der Waals surface area contributed by atoms with E-state index in [0.717, 1.165) is 23.1 Å². The maximum absolute atomic E-state index is 12.1. The number of aromatic nitrogens is 2. The Hall–Kier alpha value is -1.84. The van der Waals surface area contributed by atoms with E-state index in [1.807, 2.05) is 18.2 Å². The fourth-order valence-corrected chi connectivity index (χ4v) is 3.66. The van der Waals surface area contributed by atoms with Crippen molar-refractivity contribution in [2.24, 2.45) is 0 Å². The maximum atomic E-state index is 12.1. The maximum Gasteiger partial charge on any atom is 0.253 e. The summed E-state index contributed by atoms with van der Waals surface area (Å²) < 4.78 is 2.29. The lowest BCUT2D eigenvalue weighted by molar-refractivity contribution is 0.0956. The molecule has 0 radical (unpaired) electrons. The third kappa shape index (κ3) is 1.74. The van der Waals surface area contributed by atoms with Crippen molar-refractivity contribution in [1.29, 1.82) is 0 Å². The van der Waals surface area contributed by atoms with Crippen LogP contribution in [0.3, 0.4) is 0 Å². The molecule has 1 saturated carbocycles. The molecule has 1 N–H and O–H groups in total. The van der Waals surface area contributed by atoms with Crippen LogP contribution < -0.4 is 5.32 Å². The highest BCUT2D eigenvalue weighted by atomic mass is 16.1. The van der Waals surface area contributed by atoms with Crippen molar-refractivity contribution in [3.63, 3.8) is 0 Å². The fraction of sp³-hybridized carbons (Fsp3) is 0.500. The molecule has 1 aliphatic heterocycles. The first-order chi connectivity index (χ1) is 9.84. The summed E-state index contributed by atoms with van der Waals surface area (Å²) in [5.41, 5.74) is 2.78. The van der Waals surface area contributed by atoms with Gasteiger partial charge in [-0.15, -0.1) is 0 Å². The Kier molecular flexibility index (Phi) is 2.76. The average molecular weight is 269 g/mol. The van der Waals surface area contributed by atoms with Gasteiger partial charge in [-0.05, 0) is 25.0 Å². The molecular formula is C16H19N3O. The van der Waals surface area contributed by atoms with Crippen LogP contribution in [-0.4, -0.2) is 22.0 Å². The van der Waals surface area contributed by atoms with E-state index in [9.17, 15) is 4.79 Å². The number of amides is 1. The van der Waals surface area contributed by atoms with Gasteiger partial charge < -0.3 is 9.88 Å². The standard InChI is InChI=1S/C16H19N3O/c20-16-12-7-4-8-13-14(12)19(10-9-17-16)15(18-13)11-5-2-1-3-6-11/h4,7-8,11H,1-3,5-6,9-10H2,(H,17,20). The summed E-state index contributed by atoms with van der Waals surface area (Å²) >= 11 is 0. The van der Waals surface area contributed by atoms with Gasteiger partial charge in [0.2, 0.25) is 0 Å². The average Bonchev–Trinajstić information content (AvgIpc) is 2.78. The lowest BCUT2D eigenvalue weighted by Gasteiger charge is -2.22. The Morgan fingerprint density at radius 2 is 2.05 bits per heavy atom. The topological polar surface area (TPSA) is 46.9 Å². The molecule has 20 heavy (non-hydrogen) atoms. The summed E-state index contributed by atoms with van der Waals surface area (Å²) in [7, 11) is 0. The number of benzene rings is 1. The summed E-state index contributed by atoms with van der Waals surface area (Å²) in [5.74, 6) is 1.80. The number of nitrogens with zero attached hydrogens (tertiary/aromatic N) is 2. The van der Waals surface area contributed by atoms with Crippen LogP contribution in [0.5, 0.6) is 0 Å². The smallest absolute Gasteiger partial charge is 0.253 e. The highest BCUT2D eigenvalue weighted by Gasteiger charge is 2.26. The zero-order valence-electron chi connectivity index (χ0n) is 11.6. The van der Waals surface area contributed by atoms with E-state index in [-0.39, 0.29) is 5.91 Å². The van der Waals surface area contributed by atoms with Crippen LogP contribution in [0, 0.1) is 0 Å². The Balaban J connectivity index is 1.92. The molecule has 1 amide bonds. The molecule has 0 saturated heterocycles. The number of hydrogen-bond donors (Lipinski definition) is 1. The SMILES string of the molecule is O=C1NCCn2c(C3CCCCC3)nc3cccc1c32. The van der Waals surface area contributed by atoms with Gasteiger partial charge in [-0.1, -0.05) is 25.3 Å². The molecule has 0 bridgehead atoms. The Bertz CT molecular complexity index is 668. The van der Waals surface area contributed by atoms with Gasteiger partial charge in [-0.3, -0.25) is 4.79 Å². The third-order valence-corrected chi connectivity index (χ3v) is 4.63. The van der Waals surface area contributed by atoms with Gasteiger partial charge in [0.15, 0.2) is 0 Å². The second-order valence-corrected chi connectivity index (χ2v) is 5.89. The molecule has 0 unspecified atom stereocenters. The largest absolute Gasteiger partial charge is 0.350 e. The molecule has 4 heteroatoms. The van der Waals surface area contributed by atoms with Crippen LogP contribution in [0.4, 0.5) is 0 Å². The third-order valence-electron chi connectivity index (χ3n) is 4.63. The first-order valence-corrected chi connectivity index (χ1v) is 7.62. The highest BCUT2D eigenvalue weighted by molar-refractivity contribution is 6.05. The number of hydrogen-bond acceptors (Lipinski definition) is 2. The molecule has 4 rings (SSSR count). The quantitative estimate of drug-likeness (QED) is 0.865. The number of rotatable bonds is 1. The first kappa shape index (κ1) is 11.9. The molecule has 0 spiro atoms. The van der Waals surface area contributed by atoms with Gasteiger partial charge in [0.05, 0.1) is 16.6 Å². The predicted octanol–water partition coefficient (Wildman–Crippen LogP) is 2.83. The monoisotopic (exact) mass is 269 g/mol. The van der Waals surface area contributed by atoms with Gasteiger partial charge in [-0.2, -0.15) is 0 Å². The molecule has 1 aromatic carbocycles. The minimum atomic E-state index is 0.0319. The Morgan fingerprint density at radius 3 is 2.90 bits per heavy atom. The zero-order chi connectivity index (χ0) is 13.5. The van der Waals surface area contributed by atoms with Gasteiger partial charge in [0, 0.05) is 19.0 Å². The lowest BCUT2D eigenvalue weighted by atomic mass is 9.88. The molecule has 1 aliphatic carbocycles. The summed E-state index contributed by atoms with van der Waals surface area (Å²) in [6, 6.07) is 5.87.